The van der Waals surface area contributed by atoms with Crippen molar-refractivity contribution in [2.75, 3.05) is 5.73 Å². The molecule has 0 atom stereocenters. The first-order valence-electron chi connectivity index (χ1n) is 3.98. The highest BCUT2D eigenvalue weighted by atomic mass is 19.4. The van der Waals surface area contributed by atoms with Crippen LogP contribution in [0.5, 0.6) is 11.5 Å². The summed E-state index contributed by atoms with van der Waals surface area (Å²) < 4.78 is 77.9. The molecule has 3 nitrogen and oxygen atoms in total. The van der Waals surface area contributed by atoms with Gasteiger partial charge in [-0.3, -0.25) is 0 Å². The van der Waals surface area contributed by atoms with Gasteiger partial charge in [0.1, 0.15) is 5.69 Å². The van der Waals surface area contributed by atoms with Crippen LogP contribution in [0.3, 0.4) is 0 Å². The van der Waals surface area contributed by atoms with Crippen molar-refractivity contribution in [1.29, 1.82) is 0 Å². The van der Waals surface area contributed by atoms with Crippen molar-refractivity contribution >= 4 is 5.69 Å². The minimum absolute atomic E-state index is 0.770. The van der Waals surface area contributed by atoms with E-state index in [1.54, 1.807) is 0 Å². The first-order valence-corrected chi connectivity index (χ1v) is 3.98. The molecule has 1 rings (SSSR count). The van der Waals surface area contributed by atoms with Crippen LogP contribution < -0.4 is 15.2 Å². The summed E-state index contributed by atoms with van der Waals surface area (Å²) in [5, 5.41) is 0. The van der Waals surface area contributed by atoms with E-state index in [1.807, 2.05) is 0 Å². The molecule has 0 aliphatic heterocycles. The average molecular weight is 261 g/mol. The number of benzene rings is 1. The fourth-order valence-electron chi connectivity index (χ4n) is 0.951. The lowest BCUT2D eigenvalue weighted by molar-refractivity contribution is -0.275. The molecule has 0 saturated heterocycles. The van der Waals surface area contributed by atoms with E-state index >= 15 is 0 Å². The Bertz CT molecular complexity index is 366. The van der Waals surface area contributed by atoms with Crippen molar-refractivity contribution in [1.82, 2.24) is 0 Å². The summed E-state index contributed by atoms with van der Waals surface area (Å²) >= 11 is 0. The third-order valence-electron chi connectivity index (χ3n) is 1.48. The topological polar surface area (TPSA) is 44.5 Å². The molecule has 0 fully saturated rings. The predicted molar refractivity (Wildman–Crippen MR) is 44.2 cm³/mol. The SMILES string of the molecule is Nc1c(OC(F)(F)F)cccc1OC(F)(F)F. The van der Waals surface area contributed by atoms with Crippen molar-refractivity contribution in [3.8, 4) is 11.5 Å². The lowest BCUT2D eigenvalue weighted by Crippen LogP contribution is -2.20. The molecule has 0 aromatic heterocycles. The van der Waals surface area contributed by atoms with E-state index in [0.717, 1.165) is 18.2 Å². The Morgan fingerprint density at radius 3 is 1.47 bits per heavy atom. The van der Waals surface area contributed by atoms with Crippen LogP contribution in [0.15, 0.2) is 18.2 Å². The molecule has 0 amide bonds. The number of para-hydroxylation sites is 1. The van der Waals surface area contributed by atoms with E-state index in [2.05, 4.69) is 9.47 Å². The van der Waals surface area contributed by atoms with Gasteiger partial charge in [-0.2, -0.15) is 0 Å². The first kappa shape index (κ1) is 13.3. The second-order valence-electron chi connectivity index (χ2n) is 2.76. The van der Waals surface area contributed by atoms with E-state index in [0.29, 0.717) is 0 Å². The standard InChI is InChI=1S/C8H5F6NO2/c9-7(10,11)16-4-2-1-3-5(6(4)15)17-8(12,13)14/h1-3H,15H2. The second-order valence-corrected chi connectivity index (χ2v) is 2.76. The van der Waals surface area contributed by atoms with Crippen LogP contribution in [0, 0.1) is 0 Å². The largest absolute Gasteiger partial charge is 0.573 e. The molecule has 0 aliphatic carbocycles. The lowest BCUT2D eigenvalue weighted by atomic mass is 10.3. The zero-order valence-corrected chi connectivity index (χ0v) is 7.89. The Balaban J connectivity index is 3.00. The van der Waals surface area contributed by atoms with Crippen LogP contribution in [-0.2, 0) is 0 Å². The first-order chi connectivity index (χ1) is 7.58. The molecule has 0 saturated carbocycles. The minimum Gasteiger partial charge on any atom is -0.403 e. The molecular weight excluding hydrogens is 256 g/mol. The van der Waals surface area contributed by atoms with Gasteiger partial charge in [0.15, 0.2) is 11.5 Å². The van der Waals surface area contributed by atoms with Crippen molar-refractivity contribution < 1.29 is 35.8 Å². The zero-order chi connectivity index (χ0) is 13.3. The molecule has 0 unspecified atom stereocenters. The summed E-state index contributed by atoms with van der Waals surface area (Å²) in [5.74, 6) is -1.92. The smallest absolute Gasteiger partial charge is 0.403 e. The molecule has 1 aromatic carbocycles. The molecule has 0 heterocycles. The van der Waals surface area contributed by atoms with Crippen LogP contribution in [-0.4, -0.2) is 12.7 Å². The fourth-order valence-corrected chi connectivity index (χ4v) is 0.951. The van der Waals surface area contributed by atoms with Crippen molar-refractivity contribution in [2.45, 2.75) is 12.7 Å². The molecule has 96 valence electrons. The van der Waals surface area contributed by atoms with Crippen molar-refractivity contribution in [2.24, 2.45) is 0 Å². The third kappa shape index (κ3) is 4.29. The van der Waals surface area contributed by atoms with Crippen molar-refractivity contribution in [3.05, 3.63) is 18.2 Å². The summed E-state index contributed by atoms with van der Waals surface area (Å²) in [5.41, 5.74) is 4.16. The van der Waals surface area contributed by atoms with Crippen LogP contribution in [0.4, 0.5) is 32.0 Å². The zero-order valence-electron chi connectivity index (χ0n) is 7.89. The van der Waals surface area contributed by atoms with Gasteiger partial charge in [-0.1, -0.05) is 6.07 Å². The molecule has 1 aromatic rings. The van der Waals surface area contributed by atoms with Crippen LogP contribution >= 0.6 is 0 Å². The van der Waals surface area contributed by atoms with E-state index < -0.39 is 29.9 Å². The highest BCUT2D eigenvalue weighted by molar-refractivity contribution is 5.62. The summed E-state index contributed by atoms with van der Waals surface area (Å²) in [7, 11) is 0. The maximum atomic E-state index is 11.9. The molecular formula is C8H5F6NO2. The van der Waals surface area contributed by atoms with Gasteiger partial charge >= 0.3 is 12.7 Å². The van der Waals surface area contributed by atoms with Gasteiger partial charge in [-0.25, -0.2) is 0 Å². The number of rotatable bonds is 2. The molecule has 0 aliphatic rings. The second kappa shape index (κ2) is 4.22. The Morgan fingerprint density at radius 1 is 0.824 bits per heavy atom. The van der Waals surface area contributed by atoms with Gasteiger partial charge < -0.3 is 15.2 Å². The average Bonchev–Trinajstić information content (AvgIpc) is 2.07. The monoisotopic (exact) mass is 261 g/mol. The van der Waals surface area contributed by atoms with E-state index in [-0.39, 0.29) is 0 Å². The molecule has 0 bridgehead atoms. The Kier molecular flexibility index (Phi) is 3.30. The summed E-state index contributed by atoms with van der Waals surface area (Å²) in [6.07, 6.45) is -10.1. The molecule has 0 radical (unpaired) electrons. The molecule has 9 heteroatoms. The Labute approximate surface area is 90.7 Å². The number of hydrogen-bond donors (Lipinski definition) is 1. The van der Waals surface area contributed by atoms with E-state index in [1.165, 1.54) is 0 Å². The van der Waals surface area contributed by atoms with Crippen LogP contribution in [0.25, 0.3) is 0 Å². The maximum Gasteiger partial charge on any atom is 0.573 e. The van der Waals surface area contributed by atoms with Gasteiger partial charge in [0.25, 0.3) is 0 Å². The van der Waals surface area contributed by atoms with Gasteiger partial charge in [0.05, 0.1) is 0 Å². The number of nitrogens with two attached hydrogens (primary N) is 1. The predicted octanol–water partition coefficient (Wildman–Crippen LogP) is 3.07. The Hall–Kier alpha value is -1.80. The van der Waals surface area contributed by atoms with Gasteiger partial charge in [-0.05, 0) is 12.1 Å². The summed E-state index contributed by atoms with van der Waals surface area (Å²) in [4.78, 5) is 0. The van der Waals surface area contributed by atoms with Gasteiger partial charge in [0, 0.05) is 0 Å². The van der Waals surface area contributed by atoms with Crippen molar-refractivity contribution in [3.63, 3.8) is 0 Å². The van der Waals surface area contributed by atoms with E-state index in [4.69, 9.17) is 5.73 Å². The maximum absolute atomic E-state index is 11.9. The van der Waals surface area contributed by atoms with Crippen LogP contribution in [0.1, 0.15) is 0 Å². The summed E-state index contributed by atoms with van der Waals surface area (Å²) in [6, 6.07) is 2.43. The highest BCUT2D eigenvalue weighted by Crippen LogP contribution is 2.37. The molecule has 0 spiro atoms. The fraction of sp³-hybridized carbons (Fsp3) is 0.250. The number of nitrogen functional groups attached to an aromatic ring is 1. The van der Waals surface area contributed by atoms with E-state index in [9.17, 15) is 26.3 Å². The summed E-state index contributed by atoms with van der Waals surface area (Å²) in [6.45, 7) is 0. The van der Waals surface area contributed by atoms with Gasteiger partial charge in [-0.15, -0.1) is 26.3 Å². The number of halogens is 6. The number of ether oxygens (including phenoxy) is 2. The minimum atomic E-state index is -5.05. The molecule has 17 heavy (non-hydrogen) atoms. The van der Waals surface area contributed by atoms with Crippen LogP contribution in [0.2, 0.25) is 0 Å². The normalized spacial score (nSPS) is 12.4. The van der Waals surface area contributed by atoms with Gasteiger partial charge in [0.2, 0.25) is 0 Å². The number of hydrogen-bond acceptors (Lipinski definition) is 3. The highest BCUT2D eigenvalue weighted by Gasteiger charge is 2.35. The quantitative estimate of drug-likeness (QED) is 0.657. The molecule has 2 N–H and O–H groups in total. The number of anilines is 1. The Morgan fingerprint density at radius 2 is 1.18 bits per heavy atom. The third-order valence-corrected chi connectivity index (χ3v) is 1.48. The lowest BCUT2D eigenvalue weighted by Gasteiger charge is -2.15. The number of alkyl halides is 6.